The van der Waals surface area contributed by atoms with Crippen LogP contribution in [-0.4, -0.2) is 34.6 Å². The van der Waals surface area contributed by atoms with E-state index in [4.69, 9.17) is 9.84 Å². The second-order valence-corrected chi connectivity index (χ2v) is 4.61. The number of rotatable bonds is 5. The second-order valence-electron chi connectivity index (χ2n) is 3.81. The van der Waals surface area contributed by atoms with Crippen molar-refractivity contribution < 1.29 is 14.6 Å². The first-order valence-electron chi connectivity index (χ1n) is 5.70. The van der Waals surface area contributed by atoms with E-state index < -0.39 is 5.97 Å². The van der Waals surface area contributed by atoms with Gasteiger partial charge in [-0.3, -0.25) is 0 Å². The normalized spacial score (nSPS) is 10.1. The van der Waals surface area contributed by atoms with Crippen molar-refractivity contribution in [2.24, 2.45) is 0 Å². The number of benzene rings is 1. The van der Waals surface area contributed by atoms with Crippen LogP contribution in [0.1, 0.15) is 10.4 Å². The fraction of sp³-hybridized carbons (Fsp3) is 0.154. The highest BCUT2D eigenvalue weighted by Gasteiger charge is 2.13. The Morgan fingerprint density at radius 2 is 2.00 bits per heavy atom. The molecular weight excluding hydrogens is 278 g/mol. The van der Waals surface area contributed by atoms with Crippen LogP contribution < -0.4 is 10.1 Å². The quantitative estimate of drug-likeness (QED) is 0.819. The molecule has 0 aliphatic carbocycles. The molecule has 0 aliphatic heterocycles. The molecule has 0 atom stereocenters. The highest BCUT2D eigenvalue weighted by molar-refractivity contribution is 7.98. The van der Waals surface area contributed by atoms with Crippen LogP contribution in [0.25, 0.3) is 0 Å². The Balaban J connectivity index is 2.24. The van der Waals surface area contributed by atoms with E-state index in [1.54, 1.807) is 25.5 Å². The molecule has 2 rings (SSSR count). The molecule has 0 saturated heterocycles. The maximum atomic E-state index is 11.1. The van der Waals surface area contributed by atoms with Gasteiger partial charge in [-0.1, -0.05) is 0 Å². The van der Waals surface area contributed by atoms with Crippen LogP contribution in [0.3, 0.4) is 0 Å². The minimum atomic E-state index is -1.03. The van der Waals surface area contributed by atoms with Crippen LogP contribution in [0, 0.1) is 0 Å². The van der Waals surface area contributed by atoms with Gasteiger partial charge in [-0.15, -0.1) is 22.0 Å². The summed E-state index contributed by atoms with van der Waals surface area (Å²) in [5.74, 6) is 0.0954. The first kappa shape index (κ1) is 14.1. The molecular formula is C13H13N3O3S. The van der Waals surface area contributed by atoms with Crippen LogP contribution in [-0.2, 0) is 0 Å². The summed E-state index contributed by atoms with van der Waals surface area (Å²) in [6, 6.07) is 8.67. The van der Waals surface area contributed by atoms with Crippen molar-refractivity contribution in [2.45, 2.75) is 5.03 Å². The van der Waals surface area contributed by atoms with Gasteiger partial charge in [-0.2, -0.15) is 0 Å². The molecule has 2 aromatic rings. The van der Waals surface area contributed by atoms with Crippen molar-refractivity contribution in [1.29, 1.82) is 0 Å². The largest absolute Gasteiger partial charge is 0.497 e. The lowest BCUT2D eigenvalue weighted by atomic mass is 10.3. The molecule has 0 spiro atoms. The number of carboxylic acids is 1. The van der Waals surface area contributed by atoms with Gasteiger partial charge in [-0.25, -0.2) is 4.79 Å². The highest BCUT2D eigenvalue weighted by Crippen LogP contribution is 2.22. The first-order valence-corrected chi connectivity index (χ1v) is 6.92. The number of aromatic nitrogens is 2. The molecule has 1 aromatic carbocycles. The molecule has 6 nitrogen and oxygen atoms in total. The van der Waals surface area contributed by atoms with Gasteiger partial charge in [0.25, 0.3) is 0 Å². The van der Waals surface area contributed by atoms with Crippen molar-refractivity contribution in [2.75, 3.05) is 18.7 Å². The summed E-state index contributed by atoms with van der Waals surface area (Å²) in [5, 5.41) is 20.4. The third-order valence-electron chi connectivity index (χ3n) is 2.55. The number of hydrogen-bond donors (Lipinski definition) is 2. The van der Waals surface area contributed by atoms with Gasteiger partial charge in [-0.05, 0) is 36.6 Å². The van der Waals surface area contributed by atoms with Crippen LogP contribution in [0.15, 0.2) is 35.4 Å². The van der Waals surface area contributed by atoms with Crippen LogP contribution in [0.5, 0.6) is 5.75 Å². The van der Waals surface area contributed by atoms with Gasteiger partial charge >= 0.3 is 5.97 Å². The van der Waals surface area contributed by atoms with Gasteiger partial charge in [0.05, 0.1) is 12.7 Å². The maximum absolute atomic E-state index is 11.1. The minimum absolute atomic E-state index is 0.128. The number of hydrogen-bond acceptors (Lipinski definition) is 6. The van der Waals surface area contributed by atoms with Crippen LogP contribution in [0.2, 0.25) is 0 Å². The number of methoxy groups -OCH3 is 1. The number of anilines is 2. The molecule has 0 aliphatic rings. The Hall–Kier alpha value is -2.28. The minimum Gasteiger partial charge on any atom is -0.497 e. The van der Waals surface area contributed by atoms with Crippen molar-refractivity contribution in [3.63, 3.8) is 0 Å². The van der Waals surface area contributed by atoms with Gasteiger partial charge in [0, 0.05) is 5.69 Å². The summed E-state index contributed by atoms with van der Waals surface area (Å²) >= 11 is 1.24. The third kappa shape index (κ3) is 3.18. The average molecular weight is 291 g/mol. The Labute approximate surface area is 120 Å². The molecule has 20 heavy (non-hydrogen) atoms. The molecule has 0 saturated carbocycles. The Bertz CT molecular complexity index is 617. The summed E-state index contributed by atoms with van der Waals surface area (Å²) in [7, 11) is 1.59. The molecule has 0 fully saturated rings. The second kappa shape index (κ2) is 6.25. The lowest BCUT2D eigenvalue weighted by Crippen LogP contribution is -2.05. The highest BCUT2D eigenvalue weighted by atomic mass is 32.2. The summed E-state index contributed by atoms with van der Waals surface area (Å²) in [6.45, 7) is 0. The summed E-state index contributed by atoms with van der Waals surface area (Å²) in [5.41, 5.74) is 0.900. The third-order valence-corrected chi connectivity index (χ3v) is 3.23. The zero-order valence-electron chi connectivity index (χ0n) is 11.0. The number of nitrogens with zero attached hydrogens (tertiary/aromatic N) is 2. The van der Waals surface area contributed by atoms with E-state index in [9.17, 15) is 4.79 Å². The van der Waals surface area contributed by atoms with E-state index >= 15 is 0 Å². The van der Waals surface area contributed by atoms with E-state index in [0.29, 0.717) is 10.8 Å². The van der Waals surface area contributed by atoms with E-state index in [0.717, 1.165) is 11.4 Å². The number of thioether (sulfide) groups is 1. The fourth-order valence-electron chi connectivity index (χ4n) is 1.57. The molecule has 0 bridgehead atoms. The number of carbonyl (C=O) groups is 1. The van der Waals surface area contributed by atoms with Gasteiger partial charge in [0.2, 0.25) is 0 Å². The molecule has 104 valence electrons. The van der Waals surface area contributed by atoms with E-state index in [1.807, 2.05) is 12.1 Å². The molecule has 7 heteroatoms. The maximum Gasteiger partial charge on any atom is 0.338 e. The SMILES string of the molecule is COc1ccc(Nc2cc(C(=O)O)c(SC)nn2)cc1. The molecule has 0 radical (unpaired) electrons. The monoisotopic (exact) mass is 291 g/mol. The molecule has 1 heterocycles. The van der Waals surface area contributed by atoms with Crippen molar-refractivity contribution in [3.8, 4) is 5.75 Å². The lowest BCUT2D eigenvalue weighted by Gasteiger charge is -2.08. The number of carboxylic acid groups (broad SMARTS) is 1. The predicted octanol–water partition coefficient (Wildman–Crippen LogP) is 2.65. The average Bonchev–Trinajstić information content (AvgIpc) is 2.48. The lowest BCUT2D eigenvalue weighted by molar-refractivity contribution is 0.0692. The summed E-state index contributed by atoms with van der Waals surface area (Å²) in [6.07, 6.45) is 1.76. The van der Waals surface area contributed by atoms with Crippen LogP contribution >= 0.6 is 11.8 Å². The van der Waals surface area contributed by atoms with Gasteiger partial charge in [0.15, 0.2) is 5.82 Å². The number of ether oxygens (including phenoxy) is 1. The first-order chi connectivity index (χ1) is 9.63. The Morgan fingerprint density at radius 3 is 2.55 bits per heavy atom. The predicted molar refractivity (Wildman–Crippen MR) is 77.0 cm³/mol. The Kier molecular flexibility index (Phi) is 4.41. The molecule has 0 amide bonds. The number of nitrogens with one attached hydrogen (secondary N) is 1. The number of aromatic carboxylic acids is 1. The smallest absolute Gasteiger partial charge is 0.338 e. The van der Waals surface area contributed by atoms with E-state index in [-0.39, 0.29) is 5.56 Å². The molecule has 0 unspecified atom stereocenters. The van der Waals surface area contributed by atoms with Crippen molar-refractivity contribution >= 4 is 29.2 Å². The van der Waals surface area contributed by atoms with Crippen LogP contribution in [0.4, 0.5) is 11.5 Å². The van der Waals surface area contributed by atoms with Crippen molar-refractivity contribution in [1.82, 2.24) is 10.2 Å². The van der Waals surface area contributed by atoms with E-state index in [1.165, 1.54) is 17.8 Å². The van der Waals surface area contributed by atoms with Crippen molar-refractivity contribution in [3.05, 3.63) is 35.9 Å². The summed E-state index contributed by atoms with van der Waals surface area (Å²) < 4.78 is 5.06. The zero-order chi connectivity index (χ0) is 14.5. The van der Waals surface area contributed by atoms with Gasteiger partial charge in [0.1, 0.15) is 10.8 Å². The topological polar surface area (TPSA) is 84.3 Å². The standard InChI is InChI=1S/C13H13N3O3S/c1-19-9-5-3-8(4-6-9)14-11-7-10(13(17)18)12(20-2)16-15-11/h3-7H,1-2H3,(H,14,15)(H,17,18). The molecule has 2 N–H and O–H groups in total. The van der Waals surface area contributed by atoms with E-state index in [2.05, 4.69) is 15.5 Å². The zero-order valence-corrected chi connectivity index (χ0v) is 11.8. The fourth-order valence-corrected chi connectivity index (χ4v) is 2.06. The Morgan fingerprint density at radius 1 is 1.30 bits per heavy atom. The summed E-state index contributed by atoms with van der Waals surface area (Å²) in [4.78, 5) is 11.1. The molecule has 1 aromatic heterocycles. The van der Waals surface area contributed by atoms with Gasteiger partial charge < -0.3 is 15.2 Å².